The van der Waals surface area contributed by atoms with Crippen LogP contribution in [0.15, 0.2) is 0 Å². The molecule has 0 aliphatic heterocycles. The van der Waals surface area contributed by atoms with Gasteiger partial charge in [-0.2, -0.15) is 4.72 Å². The fraction of sp³-hybridized carbons (Fsp3) is 0.800. The monoisotopic (exact) mass is 281 g/mol. The molecule has 0 radical (unpaired) electrons. The number of esters is 1. The summed E-state index contributed by atoms with van der Waals surface area (Å²) in [7, 11) is -3.01. The third-order valence-corrected chi connectivity index (χ3v) is 4.47. The zero-order chi connectivity index (χ0) is 14.5. The van der Waals surface area contributed by atoms with Crippen molar-refractivity contribution in [3.63, 3.8) is 0 Å². The molecule has 2 N–H and O–H groups in total. The Balaban J connectivity index is 5.04. The number of ether oxygens (including phenoxy) is 1. The maximum atomic E-state index is 11.8. The van der Waals surface area contributed by atoms with E-state index in [0.717, 1.165) is 14.0 Å². The molecular weight excluding hydrogens is 262 g/mol. The molecule has 0 bridgehead atoms. The van der Waals surface area contributed by atoms with Gasteiger partial charge in [0, 0.05) is 0 Å². The average Bonchev–Trinajstić information content (AvgIpc) is 2.32. The van der Waals surface area contributed by atoms with Gasteiger partial charge in [-0.05, 0) is 12.8 Å². The molecule has 0 spiro atoms. The van der Waals surface area contributed by atoms with E-state index in [9.17, 15) is 18.0 Å². The number of carboxylic acids is 1. The van der Waals surface area contributed by atoms with Crippen molar-refractivity contribution in [2.75, 3.05) is 7.11 Å². The number of aliphatic carboxylic acids is 1. The van der Waals surface area contributed by atoms with Gasteiger partial charge in [-0.15, -0.1) is 0 Å². The molecule has 0 aliphatic carbocycles. The summed E-state index contributed by atoms with van der Waals surface area (Å²) in [5.41, 5.74) is 0. The molecule has 0 aliphatic rings. The molecule has 3 atom stereocenters. The van der Waals surface area contributed by atoms with Crippen LogP contribution < -0.4 is 4.72 Å². The van der Waals surface area contributed by atoms with Crippen LogP contribution in [0.5, 0.6) is 0 Å². The minimum absolute atomic E-state index is 0.387. The lowest BCUT2D eigenvalue weighted by molar-refractivity contribution is -0.141. The van der Waals surface area contributed by atoms with Gasteiger partial charge in [0.1, 0.15) is 6.04 Å². The van der Waals surface area contributed by atoms with Crippen molar-refractivity contribution in [2.45, 2.75) is 38.5 Å². The highest BCUT2D eigenvalue weighted by Crippen LogP contribution is 2.11. The smallest absolute Gasteiger partial charge is 0.325 e. The van der Waals surface area contributed by atoms with E-state index in [1.807, 2.05) is 4.72 Å². The lowest BCUT2D eigenvalue weighted by atomic mass is 10.0. The van der Waals surface area contributed by atoms with E-state index in [1.165, 1.54) is 0 Å². The average molecular weight is 281 g/mol. The Hall–Kier alpha value is -1.15. The zero-order valence-electron chi connectivity index (χ0n) is 10.8. The van der Waals surface area contributed by atoms with E-state index >= 15 is 0 Å². The van der Waals surface area contributed by atoms with E-state index in [0.29, 0.717) is 6.42 Å². The number of nitrogens with one attached hydrogen (secondary N) is 1. The van der Waals surface area contributed by atoms with Crippen molar-refractivity contribution in [3.05, 3.63) is 0 Å². The van der Waals surface area contributed by atoms with Gasteiger partial charge in [0.25, 0.3) is 0 Å². The zero-order valence-corrected chi connectivity index (χ0v) is 11.7. The number of hydrogen-bond acceptors (Lipinski definition) is 5. The first-order valence-corrected chi connectivity index (χ1v) is 7.03. The summed E-state index contributed by atoms with van der Waals surface area (Å²) in [6.45, 7) is 4.51. The molecular formula is C10H19NO6S. The topological polar surface area (TPSA) is 110 Å². The highest BCUT2D eigenvalue weighted by atomic mass is 32.2. The van der Waals surface area contributed by atoms with Crippen LogP contribution in [0.4, 0.5) is 0 Å². The summed E-state index contributed by atoms with van der Waals surface area (Å²) >= 11 is 0. The normalized spacial score (nSPS) is 16.7. The molecule has 106 valence electrons. The molecule has 0 aromatic carbocycles. The minimum atomic E-state index is -4.08. The molecule has 0 amide bonds. The lowest BCUT2D eigenvalue weighted by Crippen LogP contribution is -2.49. The molecule has 18 heavy (non-hydrogen) atoms. The Bertz CT molecular complexity index is 405. The number of carbonyl (C=O) groups is 2. The van der Waals surface area contributed by atoms with E-state index in [4.69, 9.17) is 5.11 Å². The first kappa shape index (κ1) is 16.9. The van der Waals surface area contributed by atoms with Crippen molar-refractivity contribution >= 4 is 22.0 Å². The highest BCUT2D eigenvalue weighted by molar-refractivity contribution is 7.90. The van der Waals surface area contributed by atoms with Gasteiger partial charge in [-0.25, -0.2) is 8.42 Å². The highest BCUT2D eigenvalue weighted by Gasteiger charge is 2.35. The number of rotatable bonds is 7. The second-order valence-corrected chi connectivity index (χ2v) is 6.06. The van der Waals surface area contributed by atoms with Gasteiger partial charge in [0.05, 0.1) is 7.11 Å². The molecule has 0 fully saturated rings. The van der Waals surface area contributed by atoms with E-state index < -0.39 is 33.3 Å². The standard InChI is InChI=1S/C10H19NO6S/c1-5-6(2)8(9(12)13)11-18(15,16)7(3)10(14)17-4/h6-8,11H,5H2,1-4H3,(H,12,13)/t6?,7?,8-/m0/s1. The molecule has 0 aromatic heterocycles. The van der Waals surface area contributed by atoms with Crippen LogP contribution in [0, 0.1) is 5.92 Å². The lowest BCUT2D eigenvalue weighted by Gasteiger charge is -2.21. The van der Waals surface area contributed by atoms with Crippen LogP contribution in [-0.4, -0.2) is 43.9 Å². The second-order valence-electron chi connectivity index (χ2n) is 4.03. The summed E-state index contributed by atoms with van der Waals surface area (Å²) in [6, 6.07) is -1.26. The molecule has 2 unspecified atom stereocenters. The van der Waals surface area contributed by atoms with Crippen molar-refractivity contribution in [3.8, 4) is 0 Å². The summed E-state index contributed by atoms with van der Waals surface area (Å²) in [5.74, 6) is -2.59. The number of carboxylic acid groups (broad SMARTS) is 1. The second kappa shape index (κ2) is 6.69. The van der Waals surface area contributed by atoms with Gasteiger partial charge in [-0.1, -0.05) is 20.3 Å². The van der Waals surface area contributed by atoms with Gasteiger partial charge in [0.2, 0.25) is 10.0 Å². The van der Waals surface area contributed by atoms with Crippen molar-refractivity contribution in [2.24, 2.45) is 5.92 Å². The van der Waals surface area contributed by atoms with Crippen molar-refractivity contribution in [1.29, 1.82) is 0 Å². The van der Waals surface area contributed by atoms with Gasteiger partial charge in [-0.3, -0.25) is 9.59 Å². The number of methoxy groups -OCH3 is 1. The van der Waals surface area contributed by atoms with E-state index in [1.54, 1.807) is 13.8 Å². The van der Waals surface area contributed by atoms with Gasteiger partial charge >= 0.3 is 11.9 Å². The maximum Gasteiger partial charge on any atom is 0.325 e. The van der Waals surface area contributed by atoms with Crippen LogP contribution in [0.3, 0.4) is 0 Å². The minimum Gasteiger partial charge on any atom is -0.480 e. The molecule has 8 heteroatoms. The number of hydrogen-bond donors (Lipinski definition) is 2. The third-order valence-electron chi connectivity index (χ3n) is 2.77. The Morgan fingerprint density at radius 2 is 1.83 bits per heavy atom. The first-order chi connectivity index (χ1) is 8.17. The third kappa shape index (κ3) is 4.26. The fourth-order valence-corrected chi connectivity index (χ4v) is 2.46. The Morgan fingerprint density at radius 3 is 2.17 bits per heavy atom. The molecule has 0 saturated carbocycles. The van der Waals surface area contributed by atoms with E-state index in [-0.39, 0.29) is 5.92 Å². The number of carbonyl (C=O) groups excluding carboxylic acids is 1. The predicted octanol–water partition coefficient (Wildman–Crippen LogP) is -0.0334. The van der Waals surface area contributed by atoms with Crippen LogP contribution in [0.1, 0.15) is 27.2 Å². The Morgan fingerprint density at radius 1 is 1.33 bits per heavy atom. The fourth-order valence-electron chi connectivity index (χ4n) is 1.22. The summed E-state index contributed by atoms with van der Waals surface area (Å²) < 4.78 is 29.9. The largest absolute Gasteiger partial charge is 0.480 e. The molecule has 0 rings (SSSR count). The van der Waals surface area contributed by atoms with Crippen LogP contribution in [0.2, 0.25) is 0 Å². The molecule has 0 heterocycles. The van der Waals surface area contributed by atoms with Crippen LogP contribution in [0.25, 0.3) is 0 Å². The van der Waals surface area contributed by atoms with Crippen LogP contribution >= 0.6 is 0 Å². The number of sulfonamides is 1. The van der Waals surface area contributed by atoms with Crippen molar-refractivity contribution in [1.82, 2.24) is 4.72 Å². The predicted molar refractivity (Wildman–Crippen MR) is 64.4 cm³/mol. The maximum absolute atomic E-state index is 11.8. The molecule has 0 saturated heterocycles. The Kier molecular flexibility index (Phi) is 6.27. The van der Waals surface area contributed by atoms with Crippen LogP contribution in [-0.2, 0) is 24.3 Å². The van der Waals surface area contributed by atoms with Gasteiger partial charge in [0.15, 0.2) is 5.25 Å². The van der Waals surface area contributed by atoms with E-state index in [2.05, 4.69) is 4.74 Å². The summed E-state index contributed by atoms with van der Waals surface area (Å²) in [6.07, 6.45) is 0.492. The Labute approximate surface area is 107 Å². The quantitative estimate of drug-likeness (QED) is 0.634. The van der Waals surface area contributed by atoms with Gasteiger partial charge < -0.3 is 9.84 Å². The SMILES string of the molecule is CCC(C)[C@H](NS(=O)(=O)C(C)C(=O)OC)C(=O)O. The first-order valence-electron chi connectivity index (χ1n) is 5.49. The summed E-state index contributed by atoms with van der Waals surface area (Å²) in [4.78, 5) is 22.2. The summed E-state index contributed by atoms with van der Waals surface area (Å²) in [5, 5.41) is 7.52. The molecule has 7 nitrogen and oxygen atoms in total. The molecule has 0 aromatic rings. The van der Waals surface area contributed by atoms with Crippen molar-refractivity contribution < 1.29 is 27.9 Å².